The molecule has 66 valence electrons. The summed E-state index contributed by atoms with van der Waals surface area (Å²) in [5.41, 5.74) is 0.206. The maximum Gasteiger partial charge on any atom is 0.147 e. The minimum Gasteiger partial charge on any atom is -0.349 e. The van der Waals surface area contributed by atoms with Gasteiger partial charge in [0.05, 0.1) is 12.2 Å². The molecule has 0 amide bonds. The fourth-order valence-electron chi connectivity index (χ4n) is 1.53. The summed E-state index contributed by atoms with van der Waals surface area (Å²) in [6, 6.07) is 0. The van der Waals surface area contributed by atoms with Gasteiger partial charge in [-0.3, -0.25) is 0 Å². The summed E-state index contributed by atoms with van der Waals surface area (Å²) in [4.78, 5) is 0. The molecule has 11 heavy (non-hydrogen) atoms. The van der Waals surface area contributed by atoms with Crippen LogP contribution in [0, 0.1) is 5.41 Å². The molecule has 0 radical (unpaired) electrons. The summed E-state index contributed by atoms with van der Waals surface area (Å²) in [6.07, 6.45) is 1.62. The van der Waals surface area contributed by atoms with Crippen LogP contribution in [0.5, 0.6) is 0 Å². The maximum absolute atomic E-state index is 5.50. The van der Waals surface area contributed by atoms with Crippen molar-refractivity contribution in [3.63, 3.8) is 0 Å². The zero-order chi connectivity index (χ0) is 8.48. The lowest BCUT2D eigenvalue weighted by atomic mass is 9.85. The molecule has 1 aliphatic rings. The summed E-state index contributed by atoms with van der Waals surface area (Å²) in [5, 5.41) is 0. The predicted octanol–water partition coefficient (Wildman–Crippen LogP) is 2.18. The van der Waals surface area contributed by atoms with Crippen molar-refractivity contribution in [3.8, 4) is 0 Å². The standard InChI is InChI=1S/C9H18O2/c1-5-7-8(9(2,3)4)11-6-10-7/h7-8H,5-6H2,1-4H3. The zero-order valence-electron chi connectivity index (χ0n) is 7.89. The van der Waals surface area contributed by atoms with E-state index >= 15 is 0 Å². The van der Waals surface area contributed by atoms with E-state index < -0.39 is 0 Å². The van der Waals surface area contributed by atoms with E-state index in [2.05, 4.69) is 27.7 Å². The van der Waals surface area contributed by atoms with Gasteiger partial charge in [-0.05, 0) is 11.8 Å². The van der Waals surface area contributed by atoms with Crippen molar-refractivity contribution in [2.75, 3.05) is 6.79 Å². The van der Waals surface area contributed by atoms with E-state index in [1.54, 1.807) is 0 Å². The molecule has 1 aliphatic heterocycles. The second kappa shape index (κ2) is 3.11. The largest absolute Gasteiger partial charge is 0.349 e. The monoisotopic (exact) mass is 158 g/mol. The van der Waals surface area contributed by atoms with E-state index in [0.29, 0.717) is 12.9 Å². The predicted molar refractivity (Wildman–Crippen MR) is 44.4 cm³/mol. The molecular formula is C9H18O2. The van der Waals surface area contributed by atoms with Gasteiger partial charge in [0.25, 0.3) is 0 Å². The first-order chi connectivity index (χ1) is 5.05. The summed E-state index contributed by atoms with van der Waals surface area (Å²) < 4.78 is 10.9. The van der Waals surface area contributed by atoms with Crippen LogP contribution in [0.15, 0.2) is 0 Å². The number of hydrogen-bond donors (Lipinski definition) is 0. The van der Waals surface area contributed by atoms with Crippen molar-refractivity contribution in [2.24, 2.45) is 5.41 Å². The van der Waals surface area contributed by atoms with Crippen molar-refractivity contribution in [2.45, 2.75) is 46.3 Å². The van der Waals surface area contributed by atoms with Crippen LogP contribution < -0.4 is 0 Å². The third-order valence-electron chi connectivity index (χ3n) is 2.12. The van der Waals surface area contributed by atoms with Gasteiger partial charge in [0, 0.05) is 0 Å². The van der Waals surface area contributed by atoms with E-state index in [9.17, 15) is 0 Å². The third kappa shape index (κ3) is 1.94. The molecule has 2 atom stereocenters. The molecule has 0 aromatic carbocycles. The highest BCUT2D eigenvalue weighted by atomic mass is 16.7. The van der Waals surface area contributed by atoms with E-state index in [-0.39, 0.29) is 11.5 Å². The molecule has 1 rings (SSSR count). The number of rotatable bonds is 1. The van der Waals surface area contributed by atoms with Crippen molar-refractivity contribution < 1.29 is 9.47 Å². The molecule has 0 N–H and O–H groups in total. The van der Waals surface area contributed by atoms with E-state index in [1.807, 2.05) is 0 Å². The van der Waals surface area contributed by atoms with Crippen molar-refractivity contribution in [1.29, 1.82) is 0 Å². The van der Waals surface area contributed by atoms with Gasteiger partial charge in [-0.1, -0.05) is 27.7 Å². The maximum atomic E-state index is 5.50. The topological polar surface area (TPSA) is 18.5 Å². The van der Waals surface area contributed by atoms with Crippen LogP contribution >= 0.6 is 0 Å². The van der Waals surface area contributed by atoms with Gasteiger partial charge in [0.15, 0.2) is 0 Å². The van der Waals surface area contributed by atoms with Crippen LogP contribution in [0.1, 0.15) is 34.1 Å². The molecule has 1 heterocycles. The average Bonchev–Trinajstić information content (AvgIpc) is 2.31. The van der Waals surface area contributed by atoms with Crippen LogP contribution in [0.3, 0.4) is 0 Å². The van der Waals surface area contributed by atoms with Gasteiger partial charge >= 0.3 is 0 Å². The third-order valence-corrected chi connectivity index (χ3v) is 2.12. The van der Waals surface area contributed by atoms with Crippen LogP contribution in [-0.2, 0) is 9.47 Å². The first-order valence-electron chi connectivity index (χ1n) is 4.29. The minimum absolute atomic E-state index is 0.206. The molecule has 2 heteroatoms. The fraction of sp³-hybridized carbons (Fsp3) is 1.00. The van der Waals surface area contributed by atoms with Gasteiger partial charge in [-0.15, -0.1) is 0 Å². The molecule has 0 aromatic heterocycles. The lowest BCUT2D eigenvalue weighted by Gasteiger charge is -2.28. The lowest BCUT2D eigenvalue weighted by Crippen LogP contribution is -2.34. The molecule has 2 unspecified atom stereocenters. The Morgan fingerprint density at radius 3 is 2.27 bits per heavy atom. The highest BCUT2D eigenvalue weighted by molar-refractivity contribution is 4.83. The molecule has 0 aromatic rings. The van der Waals surface area contributed by atoms with Gasteiger partial charge in [-0.25, -0.2) is 0 Å². The van der Waals surface area contributed by atoms with Crippen molar-refractivity contribution in [3.05, 3.63) is 0 Å². The fourth-order valence-corrected chi connectivity index (χ4v) is 1.53. The lowest BCUT2D eigenvalue weighted by molar-refractivity contribution is 0.00925. The highest BCUT2D eigenvalue weighted by Crippen LogP contribution is 2.31. The van der Waals surface area contributed by atoms with Crippen molar-refractivity contribution in [1.82, 2.24) is 0 Å². The Morgan fingerprint density at radius 1 is 1.27 bits per heavy atom. The molecule has 0 aliphatic carbocycles. The molecule has 1 saturated heterocycles. The Hall–Kier alpha value is -0.0800. The molecule has 1 fully saturated rings. The van der Waals surface area contributed by atoms with Crippen LogP contribution in [-0.4, -0.2) is 19.0 Å². The average molecular weight is 158 g/mol. The Balaban J connectivity index is 2.57. The Morgan fingerprint density at radius 2 is 1.91 bits per heavy atom. The normalized spacial score (nSPS) is 32.7. The summed E-state index contributed by atoms with van der Waals surface area (Å²) in [6.45, 7) is 9.18. The first kappa shape index (κ1) is 9.01. The molecule has 0 bridgehead atoms. The number of ether oxygens (including phenoxy) is 2. The second-order valence-electron chi connectivity index (χ2n) is 4.18. The Labute approximate surface area is 68.9 Å². The van der Waals surface area contributed by atoms with Crippen LogP contribution in [0.2, 0.25) is 0 Å². The zero-order valence-corrected chi connectivity index (χ0v) is 7.89. The van der Waals surface area contributed by atoms with E-state index in [1.165, 1.54) is 0 Å². The summed E-state index contributed by atoms with van der Waals surface area (Å²) >= 11 is 0. The Kier molecular flexibility index (Phi) is 2.55. The van der Waals surface area contributed by atoms with Gasteiger partial charge in [0.2, 0.25) is 0 Å². The highest BCUT2D eigenvalue weighted by Gasteiger charge is 2.36. The number of hydrogen-bond acceptors (Lipinski definition) is 2. The first-order valence-corrected chi connectivity index (χ1v) is 4.29. The SMILES string of the molecule is CCC1OCOC1C(C)(C)C. The van der Waals surface area contributed by atoms with E-state index in [0.717, 1.165) is 6.42 Å². The van der Waals surface area contributed by atoms with Gasteiger partial charge in [-0.2, -0.15) is 0 Å². The van der Waals surface area contributed by atoms with Crippen LogP contribution in [0.25, 0.3) is 0 Å². The molecule has 0 spiro atoms. The molecule has 0 saturated carbocycles. The quantitative estimate of drug-likeness (QED) is 0.582. The summed E-state index contributed by atoms with van der Waals surface area (Å²) in [5.74, 6) is 0. The minimum atomic E-state index is 0.206. The molecular weight excluding hydrogens is 140 g/mol. The smallest absolute Gasteiger partial charge is 0.147 e. The van der Waals surface area contributed by atoms with Gasteiger partial charge in [0.1, 0.15) is 6.79 Å². The second-order valence-corrected chi connectivity index (χ2v) is 4.18. The molecule has 2 nitrogen and oxygen atoms in total. The van der Waals surface area contributed by atoms with Gasteiger partial charge < -0.3 is 9.47 Å². The van der Waals surface area contributed by atoms with Crippen molar-refractivity contribution >= 4 is 0 Å². The van der Waals surface area contributed by atoms with E-state index in [4.69, 9.17) is 9.47 Å². The van der Waals surface area contributed by atoms with Crippen LogP contribution in [0.4, 0.5) is 0 Å². The summed E-state index contributed by atoms with van der Waals surface area (Å²) in [7, 11) is 0. The Bertz CT molecular complexity index is 126.